The van der Waals surface area contributed by atoms with Crippen LogP contribution >= 0.6 is 23.2 Å². The molecule has 0 radical (unpaired) electrons. The van der Waals surface area contributed by atoms with E-state index in [1.54, 1.807) is 17.0 Å². The van der Waals surface area contributed by atoms with Crippen LogP contribution in [0.3, 0.4) is 0 Å². The maximum Gasteiger partial charge on any atom is 0.260 e. The average molecular weight is 490 g/mol. The lowest BCUT2D eigenvalue weighted by Gasteiger charge is -2.23. The maximum atomic E-state index is 13.7. The van der Waals surface area contributed by atoms with Crippen LogP contribution < -0.4 is 10.2 Å². The van der Waals surface area contributed by atoms with E-state index in [1.165, 1.54) is 12.1 Å². The summed E-state index contributed by atoms with van der Waals surface area (Å²) in [5.74, 6) is -0.553. The van der Waals surface area contributed by atoms with E-state index in [1.807, 2.05) is 61.7 Å². The molecule has 0 bridgehead atoms. The molecule has 0 unspecified atom stereocenters. The molecule has 34 heavy (non-hydrogen) atoms. The Hall–Kier alpha value is -3.54. The van der Waals surface area contributed by atoms with Crippen molar-refractivity contribution in [3.63, 3.8) is 0 Å². The van der Waals surface area contributed by atoms with E-state index >= 15 is 0 Å². The zero-order valence-corrected chi connectivity index (χ0v) is 19.9. The number of rotatable bonds is 3. The molecule has 0 spiro atoms. The first-order valence-corrected chi connectivity index (χ1v) is 11.6. The molecular formula is C27H21Cl2N3O2. The molecule has 1 N–H and O–H groups in total. The van der Waals surface area contributed by atoms with Crippen LogP contribution in [0.25, 0.3) is 0 Å². The molecule has 7 heteroatoms. The number of anilines is 2. The van der Waals surface area contributed by atoms with E-state index in [4.69, 9.17) is 23.2 Å². The SMILES string of the molecule is Cc1ccccc1C(=O)Nc1cc(Cl)c(C(=O)N2Cc3cccn3Cc3ccccc32)cc1Cl. The number of aromatic nitrogens is 1. The molecule has 0 aliphatic carbocycles. The second-order valence-electron chi connectivity index (χ2n) is 8.23. The highest BCUT2D eigenvalue weighted by Gasteiger charge is 2.27. The largest absolute Gasteiger partial charge is 0.345 e. The number of hydrogen-bond acceptors (Lipinski definition) is 2. The number of hydrogen-bond donors (Lipinski definition) is 1. The van der Waals surface area contributed by atoms with Crippen LogP contribution in [0.4, 0.5) is 11.4 Å². The highest BCUT2D eigenvalue weighted by molar-refractivity contribution is 6.38. The smallest absolute Gasteiger partial charge is 0.260 e. The molecule has 170 valence electrons. The molecular weight excluding hydrogens is 469 g/mol. The number of amides is 2. The number of halogens is 2. The van der Waals surface area contributed by atoms with Crippen molar-refractivity contribution in [1.29, 1.82) is 0 Å². The number of carbonyl (C=O) groups excluding carboxylic acids is 2. The van der Waals surface area contributed by atoms with Crippen LogP contribution in [0, 0.1) is 6.92 Å². The van der Waals surface area contributed by atoms with Crippen LogP contribution in [0.5, 0.6) is 0 Å². The molecule has 0 atom stereocenters. The van der Waals surface area contributed by atoms with E-state index in [-0.39, 0.29) is 27.4 Å². The van der Waals surface area contributed by atoms with Crippen molar-refractivity contribution in [2.24, 2.45) is 0 Å². The van der Waals surface area contributed by atoms with Crippen molar-refractivity contribution in [3.05, 3.63) is 117 Å². The van der Waals surface area contributed by atoms with Gasteiger partial charge >= 0.3 is 0 Å². The monoisotopic (exact) mass is 489 g/mol. The van der Waals surface area contributed by atoms with Crippen LogP contribution in [-0.4, -0.2) is 16.4 Å². The summed E-state index contributed by atoms with van der Waals surface area (Å²) in [5.41, 5.74) is 4.90. The molecule has 5 rings (SSSR count). The fourth-order valence-corrected chi connectivity index (χ4v) is 4.69. The zero-order valence-electron chi connectivity index (χ0n) is 18.4. The minimum atomic E-state index is -0.294. The summed E-state index contributed by atoms with van der Waals surface area (Å²) in [6.45, 7) is 2.95. The van der Waals surface area contributed by atoms with Crippen molar-refractivity contribution in [3.8, 4) is 0 Å². The van der Waals surface area contributed by atoms with E-state index in [9.17, 15) is 9.59 Å². The third-order valence-corrected chi connectivity index (χ3v) is 6.66. The van der Waals surface area contributed by atoms with Gasteiger partial charge in [-0.25, -0.2) is 0 Å². The van der Waals surface area contributed by atoms with E-state index < -0.39 is 0 Å². The minimum Gasteiger partial charge on any atom is -0.345 e. The Morgan fingerprint density at radius 2 is 1.62 bits per heavy atom. The number of aryl methyl sites for hydroxylation is 1. The average Bonchev–Trinajstić information content (AvgIpc) is 3.20. The third-order valence-electron chi connectivity index (χ3n) is 6.04. The molecule has 0 saturated carbocycles. The summed E-state index contributed by atoms with van der Waals surface area (Å²) >= 11 is 13.1. The van der Waals surface area contributed by atoms with Crippen LogP contribution in [0.2, 0.25) is 10.0 Å². The second-order valence-corrected chi connectivity index (χ2v) is 9.04. The van der Waals surface area contributed by atoms with Crippen molar-refractivity contribution < 1.29 is 9.59 Å². The Morgan fingerprint density at radius 3 is 2.44 bits per heavy atom. The zero-order chi connectivity index (χ0) is 23.8. The van der Waals surface area contributed by atoms with Crippen molar-refractivity contribution in [2.45, 2.75) is 20.0 Å². The first kappa shape index (κ1) is 22.3. The van der Waals surface area contributed by atoms with Gasteiger partial charge in [0.1, 0.15) is 0 Å². The van der Waals surface area contributed by atoms with E-state index in [0.717, 1.165) is 22.5 Å². The van der Waals surface area contributed by atoms with E-state index in [2.05, 4.69) is 9.88 Å². The van der Waals surface area contributed by atoms with Crippen molar-refractivity contribution in [1.82, 2.24) is 4.57 Å². The quantitative estimate of drug-likeness (QED) is 0.354. The summed E-state index contributed by atoms with van der Waals surface area (Å²) in [5, 5.41) is 3.26. The lowest BCUT2D eigenvalue weighted by molar-refractivity contribution is 0.0984. The Balaban J connectivity index is 1.48. The Bertz CT molecular complexity index is 1430. The number of para-hydroxylation sites is 1. The van der Waals surface area contributed by atoms with Crippen molar-refractivity contribution in [2.75, 3.05) is 10.2 Å². The van der Waals surface area contributed by atoms with Gasteiger partial charge < -0.3 is 14.8 Å². The van der Waals surface area contributed by atoms with Gasteiger partial charge in [-0.15, -0.1) is 0 Å². The Labute approximate surface area is 207 Å². The molecule has 0 fully saturated rings. The second kappa shape index (κ2) is 9.01. The summed E-state index contributed by atoms with van der Waals surface area (Å²) in [6, 6.07) is 22.1. The standard InChI is InChI=1S/C27H21Cl2N3O2/c1-17-7-2-4-10-20(17)26(33)30-24-14-22(28)21(13-23(24)29)27(34)32-16-19-9-6-12-31(19)15-18-8-3-5-11-25(18)32/h2-14H,15-16H2,1H3,(H,30,33). The fourth-order valence-electron chi connectivity index (χ4n) is 4.24. The maximum absolute atomic E-state index is 13.7. The van der Waals surface area contributed by atoms with Gasteiger partial charge in [-0.05, 0) is 54.4 Å². The topological polar surface area (TPSA) is 54.3 Å². The Morgan fingerprint density at radius 1 is 0.853 bits per heavy atom. The number of benzene rings is 3. The van der Waals surface area contributed by atoms with Gasteiger partial charge in [0.15, 0.2) is 0 Å². The molecule has 1 aliphatic rings. The van der Waals surface area contributed by atoms with Gasteiger partial charge in [0, 0.05) is 29.7 Å². The van der Waals surface area contributed by atoms with Crippen LogP contribution in [-0.2, 0) is 13.1 Å². The normalized spacial score (nSPS) is 12.5. The van der Waals surface area contributed by atoms with Crippen molar-refractivity contribution >= 4 is 46.4 Å². The van der Waals surface area contributed by atoms with E-state index in [0.29, 0.717) is 24.3 Å². The number of nitrogens with zero attached hydrogens (tertiary/aromatic N) is 2. The highest BCUT2D eigenvalue weighted by Crippen LogP contribution is 2.34. The molecule has 2 heterocycles. The third kappa shape index (κ3) is 4.09. The molecule has 1 aliphatic heterocycles. The molecule has 3 aromatic carbocycles. The van der Waals surface area contributed by atoms with Gasteiger partial charge in [-0.2, -0.15) is 0 Å². The van der Waals surface area contributed by atoms with Gasteiger partial charge in [0.05, 0.1) is 27.8 Å². The first-order chi connectivity index (χ1) is 16.4. The summed E-state index contributed by atoms with van der Waals surface area (Å²) in [4.78, 5) is 28.2. The first-order valence-electron chi connectivity index (χ1n) is 10.8. The molecule has 2 amide bonds. The summed E-state index contributed by atoms with van der Waals surface area (Å²) in [6.07, 6.45) is 2.01. The van der Waals surface area contributed by atoms with Gasteiger partial charge in [0.2, 0.25) is 0 Å². The predicted octanol–water partition coefficient (Wildman–Crippen LogP) is 6.56. The van der Waals surface area contributed by atoms with Crippen LogP contribution in [0.15, 0.2) is 79.0 Å². The van der Waals surface area contributed by atoms with Gasteiger partial charge in [-0.3, -0.25) is 9.59 Å². The number of carbonyl (C=O) groups is 2. The molecule has 1 aromatic heterocycles. The predicted molar refractivity (Wildman–Crippen MR) is 136 cm³/mol. The van der Waals surface area contributed by atoms with Gasteiger partial charge in [-0.1, -0.05) is 59.6 Å². The molecule has 4 aromatic rings. The molecule has 0 saturated heterocycles. The lowest BCUT2D eigenvalue weighted by Crippen LogP contribution is -2.31. The number of fused-ring (bicyclic) bond motifs is 2. The fraction of sp³-hybridized carbons (Fsp3) is 0.111. The Kier molecular flexibility index (Phi) is 5.90. The molecule has 5 nitrogen and oxygen atoms in total. The lowest BCUT2D eigenvalue weighted by atomic mass is 10.1. The minimum absolute atomic E-state index is 0.214. The van der Waals surface area contributed by atoms with Gasteiger partial charge in [0.25, 0.3) is 11.8 Å². The number of nitrogens with one attached hydrogen (secondary N) is 1. The van der Waals surface area contributed by atoms with Crippen LogP contribution in [0.1, 0.15) is 37.5 Å². The summed E-state index contributed by atoms with van der Waals surface area (Å²) < 4.78 is 2.13. The summed E-state index contributed by atoms with van der Waals surface area (Å²) in [7, 11) is 0. The highest BCUT2D eigenvalue weighted by atomic mass is 35.5.